The van der Waals surface area contributed by atoms with Gasteiger partial charge in [-0.1, -0.05) is 12.1 Å². The maximum Gasteiger partial charge on any atom is 0.435 e. The van der Waals surface area contributed by atoms with E-state index in [2.05, 4.69) is 21.8 Å². The van der Waals surface area contributed by atoms with Gasteiger partial charge < -0.3 is 4.90 Å². The Morgan fingerprint density at radius 3 is 2.46 bits per heavy atom. The Bertz CT molecular complexity index is 1390. The molecule has 14 heteroatoms. The molecule has 2 aliphatic rings. The van der Waals surface area contributed by atoms with E-state index in [1.165, 1.54) is 6.20 Å². The van der Waals surface area contributed by atoms with Gasteiger partial charge in [0.05, 0.1) is 22.3 Å². The summed E-state index contributed by atoms with van der Waals surface area (Å²) >= 11 is 1.54. The van der Waals surface area contributed by atoms with Crippen molar-refractivity contribution in [2.45, 2.75) is 50.4 Å². The van der Waals surface area contributed by atoms with Crippen molar-refractivity contribution in [2.75, 3.05) is 13.1 Å². The molecule has 0 amide bonds. The van der Waals surface area contributed by atoms with Crippen LogP contribution in [0.2, 0.25) is 0 Å². The average Bonchev–Trinajstić information content (AvgIpc) is 3.51. The highest BCUT2D eigenvalue weighted by Gasteiger charge is 2.41. The van der Waals surface area contributed by atoms with Crippen LogP contribution in [-0.2, 0) is 25.4 Å². The van der Waals surface area contributed by atoms with E-state index in [0.717, 1.165) is 28.0 Å². The van der Waals surface area contributed by atoms with Crippen LogP contribution in [0, 0.1) is 11.3 Å². The van der Waals surface area contributed by atoms with E-state index < -0.39 is 23.7 Å². The fourth-order valence-corrected chi connectivity index (χ4v) is 5.76. The smallest absolute Gasteiger partial charge is 0.376 e. The maximum atomic E-state index is 13.2. The van der Waals surface area contributed by atoms with Gasteiger partial charge in [0.2, 0.25) is 0 Å². The zero-order chi connectivity index (χ0) is 27.8. The number of hydrogen-bond acceptors (Lipinski definition) is 7. The molecule has 1 saturated heterocycles. The molecule has 206 valence electrons. The number of likely N-dealkylation sites (tertiary alicyclic amines) is 1. The van der Waals surface area contributed by atoms with Crippen LogP contribution in [0.3, 0.4) is 0 Å². The number of nitriles is 1. The molecule has 2 aliphatic heterocycles. The molecule has 0 bridgehead atoms. The van der Waals surface area contributed by atoms with Crippen LogP contribution in [0.1, 0.15) is 63.7 Å². The molecule has 1 unspecified atom stereocenters. The number of nitrogens with zero attached hydrogens (tertiary/aromatic N) is 5. The summed E-state index contributed by atoms with van der Waals surface area (Å²) in [6.07, 6.45) is -6.49. The third kappa shape index (κ3) is 5.95. The molecule has 1 fully saturated rings. The van der Waals surface area contributed by atoms with Crippen LogP contribution in [0.4, 0.5) is 26.3 Å². The van der Waals surface area contributed by atoms with Gasteiger partial charge >= 0.3 is 12.4 Å². The van der Waals surface area contributed by atoms with E-state index >= 15 is 0 Å². The molecular weight excluding hydrogens is 544 g/mol. The van der Waals surface area contributed by atoms with Crippen molar-refractivity contribution in [3.05, 3.63) is 74.6 Å². The van der Waals surface area contributed by atoms with Crippen LogP contribution in [0.25, 0.3) is 6.20 Å². The lowest BCUT2D eigenvalue weighted by atomic mass is 9.98. The van der Waals surface area contributed by atoms with Crippen LogP contribution in [-0.4, -0.2) is 32.8 Å². The first-order valence-corrected chi connectivity index (χ1v) is 13.0. The molecule has 0 saturated carbocycles. The highest BCUT2D eigenvalue weighted by Crippen LogP contribution is 2.36. The summed E-state index contributed by atoms with van der Waals surface area (Å²) in [5, 5.41) is 22.3. The van der Waals surface area contributed by atoms with Gasteiger partial charge in [0.15, 0.2) is 5.69 Å². The molecule has 39 heavy (non-hydrogen) atoms. The first kappa shape index (κ1) is 27.2. The number of thiazole rings is 1. The van der Waals surface area contributed by atoms with Crippen molar-refractivity contribution in [2.24, 2.45) is 0 Å². The lowest BCUT2D eigenvalue weighted by Gasteiger charge is -2.30. The molecule has 5 rings (SSSR count). The number of halogens is 6. The molecule has 0 radical (unpaired) electrons. The normalized spacial score (nSPS) is 19.2. The quantitative estimate of drug-likeness (QED) is 0.409. The summed E-state index contributed by atoms with van der Waals surface area (Å²) in [4.78, 5) is 6.60. The van der Waals surface area contributed by atoms with Crippen molar-refractivity contribution < 1.29 is 26.3 Å². The Hall–Kier alpha value is -3.41. The Balaban J connectivity index is 1.20. The standard InChI is InChI=1S/C25H23F6N7S/c26-24(27,28)20-10-21(25(29,30)31)38(36-20)9-8-37-6-4-15(5-7-37)23-35-19(14-39-23)22-33-12-17-3-1-2-16(11-32)18(17)13-34-22/h1-3,8-10,14-15,22,33-34H,4-7,12-13H2. The summed E-state index contributed by atoms with van der Waals surface area (Å²) in [5.74, 6) is 0.161. The minimum atomic E-state index is -4.98. The number of hydrogen-bond donors (Lipinski definition) is 2. The van der Waals surface area contributed by atoms with Gasteiger partial charge in [0.1, 0.15) is 11.9 Å². The Morgan fingerprint density at radius 2 is 1.77 bits per heavy atom. The van der Waals surface area contributed by atoms with Crippen LogP contribution < -0.4 is 10.6 Å². The first-order chi connectivity index (χ1) is 18.5. The lowest BCUT2D eigenvalue weighted by molar-refractivity contribution is -0.143. The van der Waals surface area contributed by atoms with Gasteiger partial charge in [-0.3, -0.25) is 10.6 Å². The number of benzene rings is 1. The van der Waals surface area contributed by atoms with E-state index in [4.69, 9.17) is 4.98 Å². The van der Waals surface area contributed by atoms with E-state index in [0.29, 0.717) is 44.6 Å². The topological polar surface area (TPSA) is 81.8 Å². The minimum Gasteiger partial charge on any atom is -0.376 e. The second kappa shape index (κ2) is 10.6. The van der Waals surface area contributed by atoms with Gasteiger partial charge in [0.25, 0.3) is 0 Å². The van der Waals surface area contributed by atoms with Crippen molar-refractivity contribution >= 4 is 17.5 Å². The number of piperidine rings is 1. The predicted octanol–water partition coefficient (Wildman–Crippen LogP) is 5.45. The van der Waals surface area contributed by atoms with Gasteiger partial charge in [-0.25, -0.2) is 9.67 Å². The summed E-state index contributed by atoms with van der Waals surface area (Å²) < 4.78 is 78.6. The first-order valence-electron chi connectivity index (χ1n) is 12.1. The third-order valence-corrected chi connectivity index (χ3v) is 7.85. The van der Waals surface area contributed by atoms with Gasteiger partial charge in [-0.05, 0) is 30.0 Å². The summed E-state index contributed by atoms with van der Waals surface area (Å²) in [6, 6.07) is 7.90. The molecule has 0 spiro atoms. The third-order valence-electron chi connectivity index (χ3n) is 6.82. The summed E-state index contributed by atoms with van der Waals surface area (Å²) in [7, 11) is 0. The van der Waals surface area contributed by atoms with Crippen LogP contribution >= 0.6 is 11.3 Å². The molecule has 1 atom stereocenters. The van der Waals surface area contributed by atoms with Gasteiger partial charge in [-0.2, -0.15) is 36.7 Å². The zero-order valence-electron chi connectivity index (χ0n) is 20.4. The molecule has 2 N–H and O–H groups in total. The Kier molecular flexibility index (Phi) is 7.41. The fraction of sp³-hybridized carbons (Fsp3) is 0.400. The van der Waals surface area contributed by atoms with Crippen LogP contribution in [0.15, 0.2) is 35.8 Å². The van der Waals surface area contributed by atoms with E-state index in [9.17, 15) is 31.6 Å². The Labute approximate surface area is 223 Å². The second-order valence-corrected chi connectivity index (χ2v) is 10.2. The average molecular weight is 568 g/mol. The van der Waals surface area contributed by atoms with Crippen molar-refractivity contribution in [1.82, 2.24) is 30.3 Å². The predicted molar refractivity (Wildman–Crippen MR) is 131 cm³/mol. The molecule has 0 aliphatic carbocycles. The number of alkyl halides is 6. The second-order valence-electron chi connectivity index (χ2n) is 9.32. The van der Waals surface area contributed by atoms with Crippen molar-refractivity contribution in [3.63, 3.8) is 0 Å². The largest absolute Gasteiger partial charge is 0.435 e. The monoisotopic (exact) mass is 567 g/mol. The summed E-state index contributed by atoms with van der Waals surface area (Å²) in [6.45, 7) is 2.15. The molecule has 3 aromatic rings. The van der Waals surface area contributed by atoms with Crippen LogP contribution in [0.5, 0.6) is 0 Å². The maximum absolute atomic E-state index is 13.2. The number of rotatable bonds is 4. The van der Waals surface area contributed by atoms with E-state index in [-0.39, 0.29) is 22.8 Å². The summed E-state index contributed by atoms with van der Waals surface area (Å²) in [5.41, 5.74) is 0.450. The molecule has 4 heterocycles. The Morgan fingerprint density at radius 1 is 1.03 bits per heavy atom. The minimum absolute atomic E-state index is 0.00967. The fourth-order valence-electron chi connectivity index (χ4n) is 4.74. The van der Waals surface area contributed by atoms with Gasteiger partial charge in [-0.15, -0.1) is 11.3 Å². The zero-order valence-corrected chi connectivity index (χ0v) is 21.2. The van der Waals surface area contributed by atoms with Gasteiger partial charge in [0, 0.05) is 55.9 Å². The number of nitrogens with one attached hydrogen (secondary N) is 2. The number of fused-ring (bicyclic) bond motifs is 1. The SMILES string of the molecule is N#Cc1cccc2c1CNC(c1csc(C3CCN(C=Cn4nc(C(F)(F)F)cc4C(F)(F)F)CC3)n1)NC2. The number of aromatic nitrogens is 3. The molecule has 7 nitrogen and oxygen atoms in total. The van der Waals surface area contributed by atoms with E-state index in [1.807, 2.05) is 17.5 Å². The van der Waals surface area contributed by atoms with E-state index in [1.54, 1.807) is 22.3 Å². The van der Waals surface area contributed by atoms with Crippen molar-refractivity contribution in [3.8, 4) is 6.07 Å². The molecule has 2 aromatic heterocycles. The van der Waals surface area contributed by atoms with Crippen molar-refractivity contribution in [1.29, 1.82) is 5.26 Å². The lowest BCUT2D eigenvalue weighted by Crippen LogP contribution is -2.31. The highest BCUT2D eigenvalue weighted by atomic mass is 32.1. The highest BCUT2D eigenvalue weighted by molar-refractivity contribution is 7.09. The molecule has 1 aromatic carbocycles. The molecular formula is C25H23F6N7S.